The van der Waals surface area contributed by atoms with E-state index in [1.165, 1.54) is 6.42 Å². The summed E-state index contributed by atoms with van der Waals surface area (Å²) in [5, 5.41) is 4.51. The predicted molar refractivity (Wildman–Crippen MR) is 62.9 cm³/mol. The Morgan fingerprint density at radius 2 is 2.29 bits per heavy atom. The van der Waals surface area contributed by atoms with Crippen molar-refractivity contribution in [3.05, 3.63) is 15.5 Å². The van der Waals surface area contributed by atoms with Crippen LogP contribution in [-0.2, 0) is 6.54 Å². The average molecular weight is 233 g/mol. The van der Waals surface area contributed by atoms with Crippen molar-refractivity contribution >= 4 is 22.9 Å². The molecule has 0 aromatic carbocycles. The molecule has 1 rings (SSSR count). The molecule has 0 saturated heterocycles. The molecule has 2 nitrogen and oxygen atoms in total. The highest BCUT2D eigenvalue weighted by molar-refractivity contribution is 7.15. The summed E-state index contributed by atoms with van der Waals surface area (Å²) in [4.78, 5) is 4.20. The van der Waals surface area contributed by atoms with Crippen molar-refractivity contribution in [3.63, 3.8) is 0 Å². The molecule has 0 amide bonds. The smallest absolute Gasteiger partial charge is 0.113 e. The number of hydrogen-bond donors (Lipinski definition) is 1. The zero-order valence-electron chi connectivity index (χ0n) is 8.88. The van der Waals surface area contributed by atoms with Gasteiger partial charge >= 0.3 is 0 Å². The van der Waals surface area contributed by atoms with E-state index < -0.39 is 0 Å². The van der Waals surface area contributed by atoms with Crippen LogP contribution in [0.3, 0.4) is 0 Å². The number of halogens is 1. The molecule has 0 radical (unpaired) electrons. The van der Waals surface area contributed by atoms with Crippen molar-refractivity contribution in [3.8, 4) is 0 Å². The van der Waals surface area contributed by atoms with Gasteiger partial charge in [-0.1, -0.05) is 31.9 Å². The van der Waals surface area contributed by atoms with Crippen LogP contribution in [0.25, 0.3) is 0 Å². The Morgan fingerprint density at radius 3 is 2.79 bits per heavy atom. The summed E-state index contributed by atoms with van der Waals surface area (Å²) in [5.41, 5.74) is 0. The Bertz CT molecular complexity index is 275. The van der Waals surface area contributed by atoms with Gasteiger partial charge in [-0.3, -0.25) is 0 Å². The molecule has 1 heterocycles. The molecule has 80 valence electrons. The fraction of sp³-hybridized carbons (Fsp3) is 0.700. The molecule has 0 saturated carbocycles. The highest BCUT2D eigenvalue weighted by atomic mass is 35.5. The Morgan fingerprint density at radius 1 is 1.57 bits per heavy atom. The Labute approximate surface area is 94.7 Å². The lowest BCUT2D eigenvalue weighted by Gasteiger charge is -2.18. The quantitative estimate of drug-likeness (QED) is 0.843. The van der Waals surface area contributed by atoms with Gasteiger partial charge in [-0.25, -0.2) is 4.98 Å². The molecule has 2 unspecified atom stereocenters. The fourth-order valence-electron chi connectivity index (χ4n) is 1.17. The van der Waals surface area contributed by atoms with Gasteiger partial charge in [-0.05, 0) is 12.8 Å². The first-order chi connectivity index (χ1) is 6.63. The summed E-state index contributed by atoms with van der Waals surface area (Å²) in [5.74, 6) is 0.699. The number of aromatic nitrogens is 1. The van der Waals surface area contributed by atoms with Crippen molar-refractivity contribution in [2.45, 2.75) is 39.8 Å². The van der Waals surface area contributed by atoms with Gasteiger partial charge < -0.3 is 5.32 Å². The van der Waals surface area contributed by atoms with Crippen LogP contribution in [0.4, 0.5) is 0 Å². The number of nitrogens with one attached hydrogen (secondary N) is 1. The predicted octanol–water partition coefficient (Wildman–Crippen LogP) is 3.32. The highest BCUT2D eigenvalue weighted by Gasteiger charge is 2.09. The molecule has 2 atom stereocenters. The van der Waals surface area contributed by atoms with Crippen LogP contribution in [0.5, 0.6) is 0 Å². The van der Waals surface area contributed by atoms with Gasteiger partial charge in [0.05, 0.1) is 6.20 Å². The molecular weight excluding hydrogens is 216 g/mol. The van der Waals surface area contributed by atoms with Crippen LogP contribution >= 0.6 is 22.9 Å². The van der Waals surface area contributed by atoms with E-state index in [2.05, 4.69) is 31.1 Å². The second-order valence-corrected chi connectivity index (χ2v) is 5.36. The number of thiazole rings is 1. The first kappa shape index (κ1) is 12.0. The SMILES string of the molecule is CCC(C)C(C)NCc1ncc(Cl)s1. The van der Waals surface area contributed by atoms with Crippen molar-refractivity contribution in [1.29, 1.82) is 0 Å². The van der Waals surface area contributed by atoms with E-state index in [1.807, 2.05) is 0 Å². The summed E-state index contributed by atoms with van der Waals surface area (Å²) < 4.78 is 0.762. The number of rotatable bonds is 5. The lowest BCUT2D eigenvalue weighted by Crippen LogP contribution is -2.31. The molecule has 0 spiro atoms. The van der Waals surface area contributed by atoms with Crippen molar-refractivity contribution in [2.75, 3.05) is 0 Å². The molecule has 1 aromatic rings. The summed E-state index contributed by atoms with van der Waals surface area (Å²) in [7, 11) is 0. The maximum atomic E-state index is 5.79. The minimum atomic E-state index is 0.530. The van der Waals surface area contributed by atoms with Gasteiger partial charge in [0.1, 0.15) is 9.34 Å². The van der Waals surface area contributed by atoms with E-state index in [-0.39, 0.29) is 0 Å². The summed E-state index contributed by atoms with van der Waals surface area (Å²) in [6.07, 6.45) is 2.91. The van der Waals surface area contributed by atoms with Crippen molar-refractivity contribution in [2.24, 2.45) is 5.92 Å². The topological polar surface area (TPSA) is 24.9 Å². The van der Waals surface area contributed by atoms with Gasteiger partial charge in [0.25, 0.3) is 0 Å². The Balaban J connectivity index is 2.33. The first-order valence-corrected chi connectivity index (χ1v) is 6.16. The lowest BCUT2D eigenvalue weighted by atomic mass is 10.0. The van der Waals surface area contributed by atoms with E-state index in [0.717, 1.165) is 15.9 Å². The summed E-state index contributed by atoms with van der Waals surface area (Å²) in [6, 6.07) is 0.530. The normalized spacial score (nSPS) is 15.4. The maximum absolute atomic E-state index is 5.79. The first-order valence-electron chi connectivity index (χ1n) is 4.97. The monoisotopic (exact) mass is 232 g/mol. The molecule has 0 fully saturated rings. The summed E-state index contributed by atoms with van der Waals surface area (Å²) in [6.45, 7) is 7.50. The van der Waals surface area contributed by atoms with Crippen LogP contribution in [0.2, 0.25) is 4.34 Å². The minimum Gasteiger partial charge on any atom is -0.308 e. The van der Waals surface area contributed by atoms with Gasteiger partial charge in [0, 0.05) is 12.6 Å². The van der Waals surface area contributed by atoms with E-state index in [0.29, 0.717) is 12.0 Å². The lowest BCUT2D eigenvalue weighted by molar-refractivity contribution is 0.389. The van der Waals surface area contributed by atoms with Crippen molar-refractivity contribution < 1.29 is 0 Å². The Kier molecular flexibility index (Phi) is 4.85. The third kappa shape index (κ3) is 3.56. The second-order valence-electron chi connectivity index (χ2n) is 3.61. The van der Waals surface area contributed by atoms with E-state index in [9.17, 15) is 0 Å². The standard InChI is InChI=1S/C10H17ClN2S/c1-4-7(2)8(3)12-6-10-13-5-9(11)14-10/h5,7-8,12H,4,6H2,1-3H3. The van der Waals surface area contributed by atoms with E-state index >= 15 is 0 Å². The Hall–Kier alpha value is -0.120. The highest BCUT2D eigenvalue weighted by Crippen LogP contribution is 2.18. The third-order valence-electron chi connectivity index (χ3n) is 2.60. The molecule has 1 aromatic heterocycles. The molecule has 0 aliphatic heterocycles. The van der Waals surface area contributed by atoms with Crippen LogP contribution in [0.15, 0.2) is 6.20 Å². The van der Waals surface area contributed by atoms with Gasteiger partial charge in [-0.2, -0.15) is 0 Å². The number of nitrogens with zero attached hydrogens (tertiary/aromatic N) is 1. The van der Waals surface area contributed by atoms with Gasteiger partial charge in [-0.15, -0.1) is 11.3 Å². The van der Waals surface area contributed by atoms with Crippen LogP contribution in [-0.4, -0.2) is 11.0 Å². The molecular formula is C10H17ClN2S. The molecule has 4 heteroatoms. The fourth-order valence-corrected chi connectivity index (χ4v) is 2.08. The van der Waals surface area contributed by atoms with Crippen molar-refractivity contribution in [1.82, 2.24) is 10.3 Å². The largest absolute Gasteiger partial charge is 0.308 e. The molecule has 1 N–H and O–H groups in total. The van der Waals surface area contributed by atoms with Gasteiger partial charge in [0.2, 0.25) is 0 Å². The number of hydrogen-bond acceptors (Lipinski definition) is 3. The van der Waals surface area contributed by atoms with E-state index in [1.54, 1.807) is 17.5 Å². The zero-order chi connectivity index (χ0) is 10.6. The minimum absolute atomic E-state index is 0.530. The molecule has 0 bridgehead atoms. The van der Waals surface area contributed by atoms with E-state index in [4.69, 9.17) is 11.6 Å². The van der Waals surface area contributed by atoms with Crippen LogP contribution in [0.1, 0.15) is 32.2 Å². The zero-order valence-corrected chi connectivity index (χ0v) is 10.5. The van der Waals surface area contributed by atoms with Crippen LogP contribution < -0.4 is 5.32 Å². The van der Waals surface area contributed by atoms with Crippen LogP contribution in [0, 0.1) is 5.92 Å². The molecule has 0 aliphatic rings. The molecule has 14 heavy (non-hydrogen) atoms. The molecule has 0 aliphatic carbocycles. The maximum Gasteiger partial charge on any atom is 0.113 e. The third-order valence-corrected chi connectivity index (χ3v) is 3.71. The summed E-state index contributed by atoms with van der Waals surface area (Å²) >= 11 is 7.33. The average Bonchev–Trinajstić information content (AvgIpc) is 2.59. The van der Waals surface area contributed by atoms with Gasteiger partial charge in [0.15, 0.2) is 0 Å². The second kappa shape index (κ2) is 5.69.